The SMILES string of the molecule is O=[N+]([O-])c1cn(CCCCl)cn1. The van der Waals surface area contributed by atoms with Crippen LogP contribution in [0.4, 0.5) is 5.82 Å². The number of rotatable bonds is 4. The number of halogens is 1. The van der Waals surface area contributed by atoms with E-state index in [1.807, 2.05) is 0 Å². The third kappa shape index (κ3) is 2.20. The summed E-state index contributed by atoms with van der Waals surface area (Å²) >= 11 is 5.45. The molecule has 6 heteroatoms. The van der Waals surface area contributed by atoms with Gasteiger partial charge in [-0.05, 0) is 16.3 Å². The molecule has 0 saturated heterocycles. The number of hydrogen-bond donors (Lipinski definition) is 0. The van der Waals surface area contributed by atoms with Gasteiger partial charge in [0.2, 0.25) is 6.33 Å². The molecule has 0 aliphatic heterocycles. The molecule has 0 unspecified atom stereocenters. The maximum Gasteiger partial charge on any atom is 0.381 e. The molecule has 1 rings (SSSR count). The summed E-state index contributed by atoms with van der Waals surface area (Å²) in [5.74, 6) is 0.427. The first-order valence-corrected chi connectivity index (χ1v) is 3.99. The number of hydrogen-bond acceptors (Lipinski definition) is 3. The summed E-state index contributed by atoms with van der Waals surface area (Å²) < 4.78 is 1.65. The van der Waals surface area contributed by atoms with Crippen LogP contribution in [0.15, 0.2) is 12.5 Å². The lowest BCUT2D eigenvalue weighted by molar-refractivity contribution is -0.389. The van der Waals surface area contributed by atoms with Crippen LogP contribution in [0.5, 0.6) is 0 Å². The van der Waals surface area contributed by atoms with Crippen molar-refractivity contribution in [3.8, 4) is 0 Å². The Bertz CT molecular complexity index is 274. The van der Waals surface area contributed by atoms with Crippen molar-refractivity contribution < 1.29 is 4.92 Å². The van der Waals surface area contributed by atoms with Crippen LogP contribution < -0.4 is 0 Å². The second-order valence-corrected chi connectivity index (χ2v) is 2.65. The molecule has 66 valence electrons. The van der Waals surface area contributed by atoms with Crippen molar-refractivity contribution in [2.75, 3.05) is 5.88 Å². The van der Waals surface area contributed by atoms with Crippen molar-refractivity contribution in [2.24, 2.45) is 0 Å². The number of aromatic nitrogens is 2. The van der Waals surface area contributed by atoms with E-state index in [9.17, 15) is 10.1 Å². The molecule has 5 nitrogen and oxygen atoms in total. The second-order valence-electron chi connectivity index (χ2n) is 2.27. The summed E-state index contributed by atoms with van der Waals surface area (Å²) in [4.78, 5) is 13.3. The van der Waals surface area contributed by atoms with E-state index in [0.29, 0.717) is 12.4 Å². The van der Waals surface area contributed by atoms with E-state index < -0.39 is 4.92 Å². The van der Waals surface area contributed by atoms with Gasteiger partial charge in [-0.15, -0.1) is 11.6 Å². The van der Waals surface area contributed by atoms with Crippen molar-refractivity contribution in [1.29, 1.82) is 0 Å². The molecule has 0 spiro atoms. The van der Waals surface area contributed by atoms with Gasteiger partial charge in [-0.25, -0.2) is 0 Å². The molecule has 0 amide bonds. The molecule has 0 aliphatic carbocycles. The van der Waals surface area contributed by atoms with E-state index in [1.54, 1.807) is 4.57 Å². The lowest BCUT2D eigenvalue weighted by atomic mass is 10.5. The van der Waals surface area contributed by atoms with Crippen LogP contribution in [0, 0.1) is 10.1 Å². The topological polar surface area (TPSA) is 61.0 Å². The number of alkyl halides is 1. The largest absolute Gasteiger partial charge is 0.381 e. The Kier molecular flexibility index (Phi) is 3.04. The smallest absolute Gasteiger partial charge is 0.358 e. The van der Waals surface area contributed by atoms with Crippen molar-refractivity contribution in [1.82, 2.24) is 9.55 Å². The first-order valence-electron chi connectivity index (χ1n) is 3.46. The molecule has 0 saturated carbocycles. The molecule has 0 aromatic carbocycles. The highest BCUT2D eigenvalue weighted by Gasteiger charge is 2.08. The van der Waals surface area contributed by atoms with E-state index in [1.165, 1.54) is 12.5 Å². The second kappa shape index (κ2) is 4.06. The summed E-state index contributed by atoms with van der Waals surface area (Å²) in [6.45, 7) is 0.671. The van der Waals surface area contributed by atoms with Gasteiger partial charge in [0.1, 0.15) is 6.20 Å². The molecule has 0 fully saturated rings. The van der Waals surface area contributed by atoms with E-state index in [2.05, 4.69) is 4.98 Å². The van der Waals surface area contributed by atoms with Crippen LogP contribution in [0.3, 0.4) is 0 Å². The van der Waals surface area contributed by atoms with Crippen LogP contribution in [-0.2, 0) is 6.54 Å². The highest BCUT2D eigenvalue weighted by Crippen LogP contribution is 2.05. The summed E-state index contributed by atoms with van der Waals surface area (Å²) in [6.07, 6.45) is 3.62. The fourth-order valence-electron chi connectivity index (χ4n) is 0.807. The number of aryl methyl sites for hydroxylation is 1. The van der Waals surface area contributed by atoms with Gasteiger partial charge in [0.15, 0.2) is 0 Å². The number of imidazole rings is 1. The summed E-state index contributed by atoms with van der Waals surface area (Å²) in [7, 11) is 0. The molecule has 0 N–H and O–H groups in total. The Morgan fingerprint density at radius 2 is 2.50 bits per heavy atom. The standard InChI is InChI=1S/C6H8ClN3O2/c7-2-1-3-9-4-6(8-5-9)10(11)12/h4-5H,1-3H2. The minimum absolute atomic E-state index is 0.121. The Morgan fingerprint density at radius 1 is 1.75 bits per heavy atom. The summed E-state index contributed by atoms with van der Waals surface area (Å²) in [5.41, 5.74) is 0. The van der Waals surface area contributed by atoms with Crippen LogP contribution >= 0.6 is 11.6 Å². The van der Waals surface area contributed by atoms with Gasteiger partial charge < -0.3 is 14.7 Å². The minimum Gasteiger partial charge on any atom is -0.358 e. The average molecular weight is 190 g/mol. The van der Waals surface area contributed by atoms with Gasteiger partial charge in [-0.3, -0.25) is 0 Å². The quantitative estimate of drug-likeness (QED) is 0.409. The molecular weight excluding hydrogens is 182 g/mol. The molecule has 1 aromatic rings. The van der Waals surface area contributed by atoms with Crippen molar-refractivity contribution >= 4 is 17.4 Å². The first kappa shape index (κ1) is 8.99. The van der Waals surface area contributed by atoms with Crippen LogP contribution in [0.2, 0.25) is 0 Å². The molecule has 0 radical (unpaired) electrons. The van der Waals surface area contributed by atoms with Crippen molar-refractivity contribution in [3.63, 3.8) is 0 Å². The maximum atomic E-state index is 10.2. The maximum absolute atomic E-state index is 10.2. The third-order valence-electron chi connectivity index (χ3n) is 1.36. The van der Waals surface area contributed by atoms with Crippen LogP contribution in [0.1, 0.15) is 6.42 Å². The van der Waals surface area contributed by atoms with Crippen LogP contribution in [0.25, 0.3) is 0 Å². The monoisotopic (exact) mass is 189 g/mol. The molecule has 0 aliphatic rings. The van der Waals surface area contributed by atoms with E-state index >= 15 is 0 Å². The summed E-state index contributed by atoms with van der Waals surface area (Å²) in [5, 5.41) is 10.2. The van der Waals surface area contributed by atoms with E-state index in [4.69, 9.17) is 11.6 Å². The highest BCUT2D eigenvalue weighted by atomic mass is 35.5. The lowest BCUT2D eigenvalue weighted by Crippen LogP contribution is -1.94. The van der Waals surface area contributed by atoms with E-state index in [0.717, 1.165) is 6.42 Å². The van der Waals surface area contributed by atoms with Gasteiger partial charge in [0.25, 0.3) is 0 Å². The fourth-order valence-corrected chi connectivity index (χ4v) is 0.927. The fraction of sp³-hybridized carbons (Fsp3) is 0.500. The zero-order valence-electron chi connectivity index (χ0n) is 6.31. The summed E-state index contributed by atoms with van der Waals surface area (Å²) in [6, 6.07) is 0. The Labute approximate surface area is 74.1 Å². The molecular formula is C6H8ClN3O2. The highest BCUT2D eigenvalue weighted by molar-refractivity contribution is 6.17. The van der Waals surface area contributed by atoms with Gasteiger partial charge in [-0.2, -0.15) is 0 Å². The molecule has 0 bridgehead atoms. The number of nitrogens with zero attached hydrogens (tertiary/aromatic N) is 3. The predicted octanol–water partition coefficient (Wildman–Crippen LogP) is 1.42. The van der Waals surface area contributed by atoms with Gasteiger partial charge in [0, 0.05) is 12.4 Å². The molecule has 1 aromatic heterocycles. The van der Waals surface area contributed by atoms with Crippen molar-refractivity contribution in [3.05, 3.63) is 22.6 Å². The van der Waals surface area contributed by atoms with Gasteiger partial charge >= 0.3 is 5.82 Å². The molecule has 12 heavy (non-hydrogen) atoms. The van der Waals surface area contributed by atoms with Crippen molar-refractivity contribution in [2.45, 2.75) is 13.0 Å². The first-order chi connectivity index (χ1) is 5.74. The Morgan fingerprint density at radius 3 is 3.00 bits per heavy atom. The minimum atomic E-state index is -0.517. The molecule has 1 heterocycles. The zero-order chi connectivity index (χ0) is 8.97. The van der Waals surface area contributed by atoms with Gasteiger partial charge in [-0.1, -0.05) is 0 Å². The lowest BCUT2D eigenvalue weighted by Gasteiger charge is -1.94. The Balaban J connectivity index is 2.58. The zero-order valence-corrected chi connectivity index (χ0v) is 7.07. The van der Waals surface area contributed by atoms with Gasteiger partial charge in [0.05, 0.1) is 0 Å². The normalized spacial score (nSPS) is 10.1. The predicted molar refractivity (Wildman–Crippen MR) is 44.2 cm³/mol. The van der Waals surface area contributed by atoms with Crippen LogP contribution in [-0.4, -0.2) is 20.4 Å². The number of nitro groups is 1. The third-order valence-corrected chi connectivity index (χ3v) is 1.62. The Hall–Kier alpha value is -1.10. The average Bonchev–Trinajstić information content (AvgIpc) is 2.48. The van der Waals surface area contributed by atoms with E-state index in [-0.39, 0.29) is 5.82 Å². The molecule has 0 atom stereocenters.